The van der Waals surface area contributed by atoms with Crippen LogP contribution in [0.2, 0.25) is 0 Å². The van der Waals surface area contributed by atoms with Crippen molar-refractivity contribution in [3.05, 3.63) is 47.6 Å². The molecule has 0 N–H and O–H groups in total. The molecule has 108 valence electrons. The number of hydrogen-bond acceptors (Lipinski definition) is 0. The molecule has 20 heavy (non-hydrogen) atoms. The topological polar surface area (TPSA) is 0 Å². The summed E-state index contributed by atoms with van der Waals surface area (Å²) < 4.78 is 0. The quantitative estimate of drug-likeness (QED) is 0.536. The lowest BCUT2D eigenvalue weighted by Crippen LogP contribution is -2.35. The van der Waals surface area contributed by atoms with Crippen LogP contribution in [0, 0.1) is 29.6 Å². The van der Waals surface area contributed by atoms with Gasteiger partial charge in [-0.15, -0.1) is 0 Å². The molecule has 2 saturated carbocycles. The van der Waals surface area contributed by atoms with Gasteiger partial charge in [-0.2, -0.15) is 0 Å². The van der Waals surface area contributed by atoms with Gasteiger partial charge in [0.15, 0.2) is 0 Å². The minimum absolute atomic E-state index is 0.525. The van der Waals surface area contributed by atoms with Crippen molar-refractivity contribution in [2.24, 2.45) is 29.6 Å². The summed E-state index contributed by atoms with van der Waals surface area (Å²) in [6.45, 7) is 15.7. The molecule has 0 heterocycles. The zero-order valence-corrected chi connectivity index (χ0v) is 13.3. The molecule has 5 atom stereocenters. The van der Waals surface area contributed by atoms with Crippen molar-refractivity contribution in [2.75, 3.05) is 0 Å². The number of rotatable bonds is 1. The lowest BCUT2D eigenvalue weighted by atomic mass is 9.61. The zero-order chi connectivity index (χ0) is 14.4. The molecule has 0 saturated heterocycles. The maximum absolute atomic E-state index is 4.40. The van der Waals surface area contributed by atoms with E-state index in [-0.39, 0.29) is 0 Å². The number of allylic oxidation sites excluding steroid dienone is 6. The van der Waals surface area contributed by atoms with Crippen LogP contribution in [0.3, 0.4) is 0 Å². The average molecular weight is 268 g/mol. The lowest BCUT2D eigenvalue weighted by molar-refractivity contribution is 0.137. The maximum atomic E-state index is 4.40. The standard InChI is InChI=1S/C20H28/c1-12(2)16-9-6-14(4)18-10-7-13(3)17-11-8-15(5)19(17)20(16)18/h8,11,14,16-18,20H,1,3,6-7,9-10H2,2,4-5H3/t14-,16+,17+,18+,20+/m0/s1. The van der Waals surface area contributed by atoms with Gasteiger partial charge in [0.05, 0.1) is 0 Å². The van der Waals surface area contributed by atoms with Crippen LogP contribution in [0.25, 0.3) is 0 Å². The summed E-state index contributed by atoms with van der Waals surface area (Å²) in [6, 6.07) is 0. The Morgan fingerprint density at radius 3 is 2.70 bits per heavy atom. The highest BCUT2D eigenvalue weighted by Gasteiger charge is 2.44. The number of hydrogen-bond donors (Lipinski definition) is 0. The summed E-state index contributed by atoms with van der Waals surface area (Å²) in [7, 11) is 0. The maximum Gasteiger partial charge on any atom is 0.0196 e. The first-order chi connectivity index (χ1) is 9.50. The third-order valence-corrected chi connectivity index (χ3v) is 6.12. The SMILES string of the molecule is C=C1CC[C@H]2[C@H](C3=C(C)C=C[C@H]13)[C@@H](C(=C)C)CC[C@@H]2C. The summed E-state index contributed by atoms with van der Waals surface area (Å²) in [5, 5.41) is 0. The molecule has 0 aromatic rings. The molecule has 0 aliphatic heterocycles. The van der Waals surface area contributed by atoms with Gasteiger partial charge in [0.1, 0.15) is 0 Å². The Morgan fingerprint density at radius 1 is 1.25 bits per heavy atom. The Bertz CT molecular complexity index is 502. The Hall–Kier alpha value is -1.04. The Balaban J connectivity index is 2.08. The molecule has 0 aromatic carbocycles. The van der Waals surface area contributed by atoms with Crippen molar-refractivity contribution < 1.29 is 0 Å². The summed E-state index contributed by atoms with van der Waals surface area (Å²) in [5.41, 5.74) is 6.03. The minimum Gasteiger partial charge on any atom is -0.0998 e. The summed E-state index contributed by atoms with van der Waals surface area (Å²) in [6.07, 6.45) is 9.96. The van der Waals surface area contributed by atoms with Gasteiger partial charge in [-0.05, 0) is 63.2 Å². The van der Waals surface area contributed by atoms with Crippen molar-refractivity contribution in [1.82, 2.24) is 0 Å². The third-order valence-electron chi connectivity index (χ3n) is 6.12. The van der Waals surface area contributed by atoms with E-state index in [1.807, 2.05) is 0 Å². The van der Waals surface area contributed by atoms with E-state index in [0.717, 1.165) is 17.8 Å². The van der Waals surface area contributed by atoms with Crippen LogP contribution in [0.15, 0.2) is 47.6 Å². The normalized spacial score (nSPS) is 40.4. The van der Waals surface area contributed by atoms with Gasteiger partial charge < -0.3 is 0 Å². The molecule has 0 aromatic heterocycles. The van der Waals surface area contributed by atoms with Crippen LogP contribution < -0.4 is 0 Å². The van der Waals surface area contributed by atoms with Crippen molar-refractivity contribution in [2.45, 2.75) is 46.5 Å². The minimum atomic E-state index is 0.525. The predicted octanol–water partition coefficient (Wildman–Crippen LogP) is 5.69. The molecule has 2 fully saturated rings. The fourth-order valence-corrected chi connectivity index (χ4v) is 4.97. The largest absolute Gasteiger partial charge is 0.0998 e. The third kappa shape index (κ3) is 2.05. The smallest absolute Gasteiger partial charge is 0.0196 e. The molecule has 3 aliphatic rings. The zero-order valence-electron chi connectivity index (χ0n) is 13.3. The van der Waals surface area contributed by atoms with E-state index >= 15 is 0 Å². The van der Waals surface area contributed by atoms with Crippen LogP contribution in [-0.4, -0.2) is 0 Å². The highest BCUT2D eigenvalue weighted by Crippen LogP contribution is 2.54. The van der Waals surface area contributed by atoms with Gasteiger partial charge in [0, 0.05) is 5.92 Å². The van der Waals surface area contributed by atoms with Crippen LogP contribution in [0.4, 0.5) is 0 Å². The van der Waals surface area contributed by atoms with E-state index < -0.39 is 0 Å². The fourth-order valence-electron chi connectivity index (χ4n) is 4.97. The summed E-state index contributed by atoms with van der Waals surface area (Å²) >= 11 is 0. The van der Waals surface area contributed by atoms with Gasteiger partial charge in [-0.3, -0.25) is 0 Å². The number of fused-ring (bicyclic) bond motifs is 3. The predicted molar refractivity (Wildman–Crippen MR) is 87.4 cm³/mol. The van der Waals surface area contributed by atoms with E-state index in [1.165, 1.54) is 42.4 Å². The molecule has 0 heteroatoms. The molecule has 3 aliphatic carbocycles. The van der Waals surface area contributed by atoms with E-state index in [9.17, 15) is 0 Å². The molecule has 0 unspecified atom stereocenters. The second kappa shape index (κ2) is 5.06. The highest BCUT2D eigenvalue weighted by atomic mass is 14.5. The fraction of sp³-hybridized carbons (Fsp3) is 0.600. The Morgan fingerprint density at radius 2 is 2.00 bits per heavy atom. The average Bonchev–Trinajstić information content (AvgIpc) is 2.70. The molecule has 0 bridgehead atoms. The first-order valence-electron chi connectivity index (χ1n) is 8.22. The summed E-state index contributed by atoms with van der Waals surface area (Å²) in [5.74, 6) is 3.61. The van der Waals surface area contributed by atoms with Crippen LogP contribution in [0.5, 0.6) is 0 Å². The molecule has 0 nitrogen and oxygen atoms in total. The van der Waals surface area contributed by atoms with Gasteiger partial charge in [0.25, 0.3) is 0 Å². The van der Waals surface area contributed by atoms with Crippen molar-refractivity contribution in [1.29, 1.82) is 0 Å². The van der Waals surface area contributed by atoms with Crippen LogP contribution in [-0.2, 0) is 0 Å². The molecule has 3 rings (SSSR count). The van der Waals surface area contributed by atoms with Crippen molar-refractivity contribution in [3.63, 3.8) is 0 Å². The first-order valence-corrected chi connectivity index (χ1v) is 8.22. The van der Waals surface area contributed by atoms with Gasteiger partial charge in [-0.1, -0.05) is 54.5 Å². The molecule has 0 amide bonds. The second-order valence-electron chi connectivity index (χ2n) is 7.37. The van der Waals surface area contributed by atoms with Crippen molar-refractivity contribution in [3.8, 4) is 0 Å². The molecule has 0 radical (unpaired) electrons. The van der Waals surface area contributed by atoms with E-state index in [4.69, 9.17) is 0 Å². The molecular weight excluding hydrogens is 240 g/mol. The van der Waals surface area contributed by atoms with Crippen molar-refractivity contribution >= 4 is 0 Å². The Labute approximate surface area is 124 Å². The second-order valence-corrected chi connectivity index (χ2v) is 7.37. The van der Waals surface area contributed by atoms with Gasteiger partial charge in [-0.25, -0.2) is 0 Å². The van der Waals surface area contributed by atoms with E-state index in [1.54, 1.807) is 5.57 Å². The monoisotopic (exact) mass is 268 g/mol. The lowest BCUT2D eigenvalue weighted by Gasteiger charge is -2.43. The van der Waals surface area contributed by atoms with Gasteiger partial charge >= 0.3 is 0 Å². The van der Waals surface area contributed by atoms with E-state index in [0.29, 0.717) is 11.8 Å². The van der Waals surface area contributed by atoms with Gasteiger partial charge in [0.2, 0.25) is 0 Å². The summed E-state index contributed by atoms with van der Waals surface area (Å²) in [4.78, 5) is 0. The first kappa shape index (κ1) is 13.9. The highest BCUT2D eigenvalue weighted by molar-refractivity contribution is 5.44. The van der Waals surface area contributed by atoms with E-state index in [2.05, 4.69) is 46.1 Å². The molecule has 0 spiro atoms. The van der Waals surface area contributed by atoms with Crippen LogP contribution >= 0.6 is 0 Å². The van der Waals surface area contributed by atoms with Crippen LogP contribution in [0.1, 0.15) is 46.5 Å². The Kier molecular flexibility index (Phi) is 3.52. The molecular formula is C20H28.